The molecule has 1 amide bonds. The van der Waals surface area contributed by atoms with Crippen LogP contribution in [0.1, 0.15) is 10.4 Å². The van der Waals surface area contributed by atoms with Crippen LogP contribution in [-0.2, 0) is 0 Å². The van der Waals surface area contributed by atoms with Gasteiger partial charge in [-0.15, -0.1) is 0 Å². The minimum atomic E-state index is -0.534. The molecule has 0 spiro atoms. The summed E-state index contributed by atoms with van der Waals surface area (Å²) in [5.74, 6) is 0.837. The summed E-state index contributed by atoms with van der Waals surface area (Å²) in [5.41, 5.74) is 0.530. The summed E-state index contributed by atoms with van der Waals surface area (Å²) in [6.07, 6.45) is 0. The summed E-state index contributed by atoms with van der Waals surface area (Å²) in [6.45, 7) is 0.543. The Morgan fingerprint density at radius 1 is 0.970 bits per heavy atom. The first-order valence-corrected chi connectivity index (χ1v) is 10.2. The largest absolute Gasteiger partial charge is 0.494 e. The van der Waals surface area contributed by atoms with Crippen molar-refractivity contribution in [2.24, 2.45) is 0 Å². The van der Waals surface area contributed by atoms with Gasteiger partial charge in [0, 0.05) is 6.07 Å². The van der Waals surface area contributed by atoms with E-state index >= 15 is 0 Å². The number of hydrogen-bond acceptors (Lipinski definition) is 7. The molecule has 0 bridgehead atoms. The number of hydrogen-bond donors (Lipinski definition) is 2. The van der Waals surface area contributed by atoms with Crippen molar-refractivity contribution in [1.82, 2.24) is 5.32 Å². The van der Waals surface area contributed by atoms with E-state index in [0.717, 1.165) is 5.75 Å². The maximum atomic E-state index is 12.7. The average molecular weight is 468 g/mol. The maximum Gasteiger partial charge on any atom is 0.273 e. The molecule has 0 unspecified atom stereocenters. The molecule has 0 aliphatic heterocycles. The van der Waals surface area contributed by atoms with E-state index < -0.39 is 10.8 Å². The van der Waals surface area contributed by atoms with Crippen LogP contribution in [0.2, 0.25) is 0 Å². The Morgan fingerprint density at radius 2 is 1.67 bits per heavy atom. The molecule has 170 valence electrons. The molecule has 0 radical (unpaired) electrons. The minimum absolute atomic E-state index is 0.00522. The Hall–Kier alpha value is -4.18. The van der Waals surface area contributed by atoms with E-state index in [1.54, 1.807) is 24.3 Å². The molecule has 0 aromatic heterocycles. The number of nitro benzene ring substituents is 1. The predicted molar refractivity (Wildman–Crippen MR) is 127 cm³/mol. The summed E-state index contributed by atoms with van der Waals surface area (Å²) in [6, 6.07) is 20.1. The number of methoxy groups -OCH3 is 1. The Balaban J connectivity index is 1.59. The fraction of sp³-hybridized carbons (Fsp3) is 0.130. The number of rotatable bonds is 9. The van der Waals surface area contributed by atoms with Gasteiger partial charge in [-0.1, -0.05) is 30.3 Å². The molecule has 3 aromatic rings. The number of nitrogens with one attached hydrogen (secondary N) is 2. The number of amides is 1. The van der Waals surface area contributed by atoms with Gasteiger partial charge in [0.15, 0.2) is 5.11 Å². The molecule has 9 nitrogen and oxygen atoms in total. The number of ether oxygens (including phenoxy) is 3. The van der Waals surface area contributed by atoms with Crippen LogP contribution >= 0.6 is 12.2 Å². The van der Waals surface area contributed by atoms with Crippen LogP contribution in [0, 0.1) is 10.1 Å². The Labute approximate surface area is 195 Å². The van der Waals surface area contributed by atoms with E-state index in [2.05, 4.69) is 10.6 Å². The van der Waals surface area contributed by atoms with E-state index in [9.17, 15) is 14.9 Å². The summed E-state index contributed by atoms with van der Waals surface area (Å²) in [5, 5.41) is 16.3. The molecule has 3 rings (SSSR count). The van der Waals surface area contributed by atoms with E-state index in [1.807, 2.05) is 30.3 Å². The number of anilines is 1. The molecule has 0 atom stereocenters. The minimum Gasteiger partial charge on any atom is -0.494 e. The highest BCUT2D eigenvalue weighted by atomic mass is 32.1. The fourth-order valence-electron chi connectivity index (χ4n) is 2.83. The van der Waals surface area contributed by atoms with Gasteiger partial charge in [0.25, 0.3) is 11.6 Å². The van der Waals surface area contributed by atoms with Crippen molar-refractivity contribution in [2.45, 2.75) is 0 Å². The fourth-order valence-corrected chi connectivity index (χ4v) is 3.03. The molecular weight excluding hydrogens is 446 g/mol. The zero-order valence-corrected chi connectivity index (χ0v) is 18.5. The lowest BCUT2D eigenvalue weighted by atomic mass is 10.2. The van der Waals surface area contributed by atoms with Crippen LogP contribution in [0.25, 0.3) is 0 Å². The quantitative estimate of drug-likeness (QED) is 0.209. The predicted octanol–water partition coefficient (Wildman–Crippen LogP) is 4.19. The van der Waals surface area contributed by atoms with Gasteiger partial charge in [0.1, 0.15) is 30.5 Å². The number of para-hydroxylation sites is 2. The number of carbonyl (C=O) groups is 1. The lowest BCUT2D eigenvalue weighted by Gasteiger charge is -2.14. The van der Waals surface area contributed by atoms with Crippen LogP contribution in [0.3, 0.4) is 0 Å². The van der Waals surface area contributed by atoms with Crippen molar-refractivity contribution in [3.05, 3.63) is 88.5 Å². The van der Waals surface area contributed by atoms with Crippen molar-refractivity contribution in [3.8, 4) is 17.2 Å². The second-order valence-corrected chi connectivity index (χ2v) is 6.96. The van der Waals surface area contributed by atoms with E-state index in [1.165, 1.54) is 25.3 Å². The number of carbonyl (C=O) groups excluding carboxylic acids is 1. The van der Waals surface area contributed by atoms with Crippen molar-refractivity contribution in [3.63, 3.8) is 0 Å². The molecule has 0 heterocycles. The van der Waals surface area contributed by atoms with Crippen LogP contribution in [0.5, 0.6) is 17.2 Å². The molecule has 0 fully saturated rings. The molecule has 10 heteroatoms. The topological polar surface area (TPSA) is 112 Å². The summed E-state index contributed by atoms with van der Waals surface area (Å²) in [7, 11) is 1.38. The molecule has 0 aliphatic carbocycles. The summed E-state index contributed by atoms with van der Waals surface area (Å²) in [4.78, 5) is 23.1. The third kappa shape index (κ3) is 6.65. The number of thiocarbonyl (C=S) groups is 1. The van der Waals surface area contributed by atoms with Crippen molar-refractivity contribution >= 4 is 34.6 Å². The normalized spacial score (nSPS) is 10.1. The maximum absolute atomic E-state index is 12.7. The Bertz CT molecular complexity index is 1140. The second-order valence-electron chi connectivity index (χ2n) is 6.56. The highest BCUT2D eigenvalue weighted by Crippen LogP contribution is 2.29. The highest BCUT2D eigenvalue weighted by molar-refractivity contribution is 7.80. The van der Waals surface area contributed by atoms with Crippen LogP contribution in [0.15, 0.2) is 72.8 Å². The molecule has 33 heavy (non-hydrogen) atoms. The standard InChI is InChI=1S/C23H21N3O6S/c1-30-21-15-16(26(28)29)11-12-19(21)24-23(33)25-22(27)18-9-5-6-10-20(18)32-14-13-31-17-7-3-2-4-8-17/h2-12,15H,13-14H2,1H3,(H2,24,25,27,33). The van der Waals surface area contributed by atoms with Gasteiger partial charge in [0.2, 0.25) is 0 Å². The molecule has 0 saturated carbocycles. The first kappa shape index (κ1) is 23.5. The van der Waals surface area contributed by atoms with Gasteiger partial charge < -0.3 is 19.5 Å². The van der Waals surface area contributed by atoms with Crippen LogP contribution in [0.4, 0.5) is 11.4 Å². The molecule has 3 aromatic carbocycles. The molecule has 0 saturated heterocycles. The van der Waals surface area contributed by atoms with Crippen LogP contribution < -0.4 is 24.8 Å². The molecule has 0 aliphatic rings. The smallest absolute Gasteiger partial charge is 0.273 e. The third-order valence-corrected chi connectivity index (χ3v) is 4.56. The Kier molecular flexibility index (Phi) is 8.14. The number of nitro groups is 1. The number of non-ortho nitro benzene ring substituents is 1. The van der Waals surface area contributed by atoms with E-state index in [4.69, 9.17) is 26.4 Å². The second kappa shape index (κ2) is 11.4. The zero-order chi connectivity index (χ0) is 23.6. The monoisotopic (exact) mass is 467 g/mol. The van der Waals surface area contributed by atoms with Gasteiger partial charge in [-0.3, -0.25) is 20.2 Å². The SMILES string of the molecule is COc1cc([N+](=O)[O-])ccc1NC(=S)NC(=O)c1ccccc1OCCOc1ccccc1. The zero-order valence-electron chi connectivity index (χ0n) is 17.6. The van der Waals surface area contributed by atoms with Gasteiger partial charge >= 0.3 is 0 Å². The lowest BCUT2D eigenvalue weighted by molar-refractivity contribution is -0.384. The van der Waals surface area contributed by atoms with Crippen molar-refractivity contribution in [1.29, 1.82) is 0 Å². The summed E-state index contributed by atoms with van der Waals surface area (Å²) < 4.78 is 16.5. The van der Waals surface area contributed by atoms with Gasteiger partial charge in [-0.2, -0.15) is 0 Å². The molecule has 2 N–H and O–H groups in total. The third-order valence-electron chi connectivity index (χ3n) is 4.36. The number of benzene rings is 3. The molecular formula is C23H21N3O6S. The van der Waals surface area contributed by atoms with E-state index in [-0.39, 0.29) is 28.7 Å². The summed E-state index contributed by atoms with van der Waals surface area (Å²) >= 11 is 5.21. The number of nitrogens with zero attached hydrogens (tertiary/aromatic N) is 1. The van der Waals surface area contributed by atoms with Crippen LogP contribution in [-0.4, -0.2) is 36.3 Å². The highest BCUT2D eigenvalue weighted by Gasteiger charge is 2.16. The first-order chi connectivity index (χ1) is 16.0. The van der Waals surface area contributed by atoms with Crippen molar-refractivity contribution in [2.75, 3.05) is 25.6 Å². The van der Waals surface area contributed by atoms with Gasteiger partial charge in [-0.25, -0.2) is 0 Å². The van der Waals surface area contributed by atoms with Crippen molar-refractivity contribution < 1.29 is 23.9 Å². The average Bonchev–Trinajstić information content (AvgIpc) is 2.82. The first-order valence-electron chi connectivity index (χ1n) is 9.82. The van der Waals surface area contributed by atoms with Gasteiger partial charge in [0.05, 0.1) is 29.4 Å². The Morgan fingerprint density at radius 3 is 2.39 bits per heavy atom. The van der Waals surface area contributed by atoms with Gasteiger partial charge in [-0.05, 0) is 42.5 Å². The van der Waals surface area contributed by atoms with E-state index in [0.29, 0.717) is 18.0 Å². The lowest BCUT2D eigenvalue weighted by Crippen LogP contribution is -2.34.